The van der Waals surface area contributed by atoms with E-state index in [4.69, 9.17) is 15.6 Å². The van der Waals surface area contributed by atoms with Gasteiger partial charge in [0, 0.05) is 25.4 Å². The van der Waals surface area contributed by atoms with Crippen LogP contribution in [0.15, 0.2) is 23.1 Å². The minimum absolute atomic E-state index is 0.0227. The third kappa shape index (κ3) is 3.41. The number of anilines is 2. The molecule has 0 amide bonds. The Morgan fingerprint density at radius 2 is 2.00 bits per heavy atom. The zero-order valence-corrected chi connectivity index (χ0v) is 12.4. The molecule has 0 spiro atoms. The van der Waals surface area contributed by atoms with E-state index in [0.29, 0.717) is 6.10 Å². The highest BCUT2D eigenvalue weighted by molar-refractivity contribution is 7.89. The lowest BCUT2D eigenvalue weighted by molar-refractivity contribution is 0.0459. The molecule has 0 radical (unpaired) electrons. The quantitative estimate of drug-likeness (QED) is 0.806. The number of hydrogen-bond donors (Lipinski definition) is 2. The summed E-state index contributed by atoms with van der Waals surface area (Å²) in [4.78, 5) is 2.16. The number of nitrogen functional groups attached to an aromatic ring is 1. The summed E-state index contributed by atoms with van der Waals surface area (Å²) < 4.78 is 28.3. The fourth-order valence-corrected chi connectivity index (χ4v) is 3.15. The van der Waals surface area contributed by atoms with Crippen LogP contribution in [0, 0.1) is 0 Å². The van der Waals surface area contributed by atoms with Crippen molar-refractivity contribution in [1.82, 2.24) is 0 Å². The molecule has 0 aliphatic carbocycles. The highest BCUT2D eigenvalue weighted by Gasteiger charge is 2.21. The Bertz CT molecular complexity index is 566. The van der Waals surface area contributed by atoms with Crippen LogP contribution < -0.4 is 15.8 Å². The molecule has 1 fully saturated rings. The van der Waals surface area contributed by atoms with Crippen molar-refractivity contribution in [1.29, 1.82) is 0 Å². The molecule has 0 bridgehead atoms. The monoisotopic (exact) mass is 299 g/mol. The zero-order valence-electron chi connectivity index (χ0n) is 11.6. The van der Waals surface area contributed by atoms with Crippen LogP contribution >= 0.6 is 0 Å². The van der Waals surface area contributed by atoms with Gasteiger partial charge in [0.2, 0.25) is 10.0 Å². The van der Waals surface area contributed by atoms with Crippen molar-refractivity contribution in [2.45, 2.75) is 30.8 Å². The topological polar surface area (TPSA) is 98.6 Å². The van der Waals surface area contributed by atoms with Gasteiger partial charge in [-0.15, -0.1) is 0 Å². The molecular formula is C13H21N3O3S. The first-order valence-corrected chi connectivity index (χ1v) is 8.25. The summed E-state index contributed by atoms with van der Waals surface area (Å²) in [5, 5.41) is 5.10. The maximum atomic E-state index is 11.3. The second-order valence-electron chi connectivity index (χ2n) is 4.91. The summed E-state index contributed by atoms with van der Waals surface area (Å²) in [6.07, 6.45) is 2.24. The largest absolute Gasteiger partial charge is 0.398 e. The van der Waals surface area contributed by atoms with Crippen molar-refractivity contribution in [2.75, 3.05) is 30.3 Å². The normalized spacial score (nSPS) is 17.4. The molecule has 20 heavy (non-hydrogen) atoms. The van der Waals surface area contributed by atoms with Crippen molar-refractivity contribution in [3.8, 4) is 0 Å². The Labute approximate surface area is 119 Å². The number of hydrogen-bond acceptors (Lipinski definition) is 5. The number of piperidine rings is 1. The van der Waals surface area contributed by atoms with Crippen molar-refractivity contribution >= 4 is 21.4 Å². The lowest BCUT2D eigenvalue weighted by atomic mass is 10.1. The molecule has 6 nitrogen and oxygen atoms in total. The van der Waals surface area contributed by atoms with Gasteiger partial charge in [-0.2, -0.15) is 0 Å². The molecule has 0 atom stereocenters. The molecule has 0 aromatic heterocycles. The maximum absolute atomic E-state index is 11.3. The third-order valence-electron chi connectivity index (χ3n) is 3.51. The molecule has 1 aliphatic rings. The average molecular weight is 299 g/mol. The molecule has 7 heteroatoms. The first-order valence-electron chi connectivity index (χ1n) is 6.70. The van der Waals surface area contributed by atoms with Gasteiger partial charge in [-0.3, -0.25) is 0 Å². The van der Waals surface area contributed by atoms with Gasteiger partial charge in [-0.25, -0.2) is 13.6 Å². The zero-order chi connectivity index (χ0) is 14.8. The standard InChI is InChI=1S/C13H21N3O3S/c1-2-19-11-5-7-16(8-6-11)10-3-4-13(12(14)9-10)20(15,17)18/h3-4,9,11H,2,5-8,14H2,1H3,(H2,15,17,18). The van der Waals surface area contributed by atoms with Gasteiger partial charge in [-0.05, 0) is 38.0 Å². The number of nitrogens with zero attached hydrogens (tertiary/aromatic N) is 1. The van der Waals surface area contributed by atoms with Crippen molar-refractivity contribution < 1.29 is 13.2 Å². The van der Waals surface area contributed by atoms with E-state index < -0.39 is 10.0 Å². The van der Waals surface area contributed by atoms with Gasteiger partial charge >= 0.3 is 0 Å². The highest BCUT2D eigenvalue weighted by Crippen LogP contribution is 2.26. The van der Waals surface area contributed by atoms with E-state index in [1.54, 1.807) is 12.1 Å². The van der Waals surface area contributed by atoms with Crippen LogP contribution in [-0.4, -0.2) is 34.2 Å². The van der Waals surface area contributed by atoms with Gasteiger partial charge in [0.1, 0.15) is 4.90 Å². The number of benzene rings is 1. The van der Waals surface area contributed by atoms with E-state index in [0.717, 1.165) is 38.2 Å². The smallest absolute Gasteiger partial charge is 0.240 e. The molecule has 0 saturated carbocycles. The van der Waals surface area contributed by atoms with Gasteiger partial charge in [-0.1, -0.05) is 0 Å². The summed E-state index contributed by atoms with van der Waals surface area (Å²) in [5.74, 6) is 0. The fraction of sp³-hybridized carbons (Fsp3) is 0.538. The summed E-state index contributed by atoms with van der Waals surface area (Å²) in [6.45, 7) is 4.48. The van der Waals surface area contributed by atoms with E-state index in [1.165, 1.54) is 6.07 Å². The third-order valence-corrected chi connectivity index (χ3v) is 4.49. The van der Waals surface area contributed by atoms with Crippen molar-refractivity contribution in [3.05, 3.63) is 18.2 Å². The summed E-state index contributed by atoms with van der Waals surface area (Å²) >= 11 is 0. The Balaban J connectivity index is 2.10. The predicted octanol–water partition coefficient (Wildman–Crippen LogP) is 0.921. The van der Waals surface area contributed by atoms with E-state index in [1.807, 2.05) is 6.92 Å². The minimum Gasteiger partial charge on any atom is -0.398 e. The van der Waals surface area contributed by atoms with Crippen molar-refractivity contribution in [2.24, 2.45) is 5.14 Å². The van der Waals surface area contributed by atoms with E-state index in [-0.39, 0.29) is 10.6 Å². The van der Waals surface area contributed by atoms with Crippen LogP contribution in [0.2, 0.25) is 0 Å². The number of nitrogens with two attached hydrogens (primary N) is 2. The maximum Gasteiger partial charge on any atom is 0.240 e. The van der Waals surface area contributed by atoms with Gasteiger partial charge in [0.15, 0.2) is 0 Å². The molecule has 1 aliphatic heterocycles. The summed E-state index contributed by atoms with van der Waals surface area (Å²) in [7, 11) is -3.76. The molecule has 112 valence electrons. The van der Waals surface area contributed by atoms with Crippen molar-refractivity contribution in [3.63, 3.8) is 0 Å². The SMILES string of the molecule is CCOC1CCN(c2ccc(S(N)(=O)=O)c(N)c2)CC1. The lowest BCUT2D eigenvalue weighted by Gasteiger charge is -2.33. The fourth-order valence-electron chi connectivity index (χ4n) is 2.51. The lowest BCUT2D eigenvalue weighted by Crippen LogP contribution is -2.37. The Morgan fingerprint density at radius 1 is 1.35 bits per heavy atom. The molecule has 1 heterocycles. The number of ether oxygens (including phenoxy) is 1. The molecule has 1 saturated heterocycles. The Hall–Kier alpha value is -1.31. The second-order valence-corrected chi connectivity index (χ2v) is 6.44. The first-order chi connectivity index (χ1) is 9.41. The first kappa shape index (κ1) is 15.1. The Morgan fingerprint density at radius 3 is 2.50 bits per heavy atom. The van der Waals surface area contributed by atoms with Crippen LogP contribution in [-0.2, 0) is 14.8 Å². The molecule has 1 aromatic carbocycles. The van der Waals surface area contributed by atoms with Crippen LogP contribution in [0.25, 0.3) is 0 Å². The highest BCUT2D eigenvalue weighted by atomic mass is 32.2. The average Bonchev–Trinajstić information content (AvgIpc) is 2.38. The number of primary sulfonamides is 1. The molecule has 0 unspecified atom stereocenters. The van der Waals surface area contributed by atoms with Crippen LogP contribution in [0.3, 0.4) is 0 Å². The second kappa shape index (κ2) is 5.99. The summed E-state index contributed by atoms with van der Waals surface area (Å²) in [6, 6.07) is 4.88. The van der Waals surface area contributed by atoms with E-state index in [2.05, 4.69) is 4.90 Å². The van der Waals surface area contributed by atoms with Gasteiger partial charge in [0.25, 0.3) is 0 Å². The van der Waals surface area contributed by atoms with E-state index in [9.17, 15) is 8.42 Å². The molecule has 2 rings (SSSR count). The van der Waals surface area contributed by atoms with Crippen LogP contribution in [0.5, 0.6) is 0 Å². The summed E-state index contributed by atoms with van der Waals surface area (Å²) in [5.41, 5.74) is 6.89. The number of rotatable bonds is 4. The van der Waals surface area contributed by atoms with Crippen LogP contribution in [0.1, 0.15) is 19.8 Å². The molecular weight excluding hydrogens is 278 g/mol. The minimum atomic E-state index is -3.76. The van der Waals surface area contributed by atoms with Gasteiger partial charge < -0.3 is 15.4 Å². The molecule has 1 aromatic rings. The predicted molar refractivity (Wildman–Crippen MR) is 79.1 cm³/mol. The number of sulfonamides is 1. The molecule has 4 N–H and O–H groups in total. The Kier molecular flexibility index (Phi) is 4.52. The van der Waals surface area contributed by atoms with Gasteiger partial charge in [0.05, 0.1) is 11.8 Å². The van der Waals surface area contributed by atoms with E-state index >= 15 is 0 Å². The van der Waals surface area contributed by atoms with Crippen LogP contribution in [0.4, 0.5) is 11.4 Å².